The van der Waals surface area contributed by atoms with E-state index in [1.165, 1.54) is 0 Å². The van der Waals surface area contributed by atoms with E-state index in [-0.39, 0.29) is 18.8 Å². The summed E-state index contributed by atoms with van der Waals surface area (Å²) < 4.78 is 11.0. The first-order valence-corrected chi connectivity index (χ1v) is 6.42. The Balaban J connectivity index is 2.07. The van der Waals surface area contributed by atoms with E-state index in [0.29, 0.717) is 13.2 Å². The largest absolute Gasteiger partial charge is 0.491 e. The minimum atomic E-state index is 0.0515. The summed E-state index contributed by atoms with van der Waals surface area (Å²) in [5.41, 5.74) is 1.11. The Morgan fingerprint density at radius 2 is 2.11 bits per heavy atom. The van der Waals surface area contributed by atoms with Gasteiger partial charge in [0.2, 0.25) is 0 Å². The Labute approximate surface area is 108 Å². The summed E-state index contributed by atoms with van der Waals surface area (Å²) in [5, 5.41) is 9.35. The second kappa shape index (κ2) is 6.07. The van der Waals surface area contributed by atoms with Crippen LogP contribution < -0.4 is 9.64 Å². The van der Waals surface area contributed by atoms with Crippen molar-refractivity contribution in [2.75, 3.05) is 31.3 Å². The van der Waals surface area contributed by atoms with E-state index in [4.69, 9.17) is 9.47 Å². The number of morpholine rings is 1. The van der Waals surface area contributed by atoms with Gasteiger partial charge in [0.05, 0.1) is 32.0 Å². The third-order valence-electron chi connectivity index (χ3n) is 2.98. The van der Waals surface area contributed by atoms with E-state index in [2.05, 4.69) is 4.90 Å². The van der Waals surface area contributed by atoms with Gasteiger partial charge >= 0.3 is 0 Å². The number of aliphatic hydroxyl groups excluding tert-OH is 1. The van der Waals surface area contributed by atoms with Gasteiger partial charge in [0, 0.05) is 12.2 Å². The van der Waals surface area contributed by atoms with Crippen LogP contribution >= 0.6 is 0 Å². The number of nitrogens with zero attached hydrogens (tertiary/aromatic N) is 1. The van der Waals surface area contributed by atoms with E-state index < -0.39 is 0 Å². The number of anilines is 1. The van der Waals surface area contributed by atoms with Crippen molar-refractivity contribution in [3.63, 3.8) is 0 Å². The lowest BCUT2D eigenvalue weighted by Crippen LogP contribution is -2.47. The highest BCUT2D eigenvalue weighted by atomic mass is 16.5. The van der Waals surface area contributed by atoms with Crippen LogP contribution in [0.15, 0.2) is 24.3 Å². The number of hydrogen-bond donors (Lipinski definition) is 1. The van der Waals surface area contributed by atoms with E-state index in [0.717, 1.165) is 18.0 Å². The average molecular weight is 251 g/mol. The van der Waals surface area contributed by atoms with Gasteiger partial charge in [0.15, 0.2) is 0 Å². The summed E-state index contributed by atoms with van der Waals surface area (Å²) in [5.74, 6) is 0.877. The monoisotopic (exact) mass is 251 g/mol. The molecule has 1 aromatic carbocycles. The van der Waals surface area contributed by atoms with Gasteiger partial charge < -0.3 is 19.5 Å². The molecule has 100 valence electrons. The fraction of sp³-hybridized carbons (Fsp3) is 0.571. The highest BCUT2D eigenvalue weighted by Crippen LogP contribution is 2.23. The highest BCUT2D eigenvalue weighted by molar-refractivity contribution is 5.50. The lowest BCUT2D eigenvalue weighted by atomic mass is 10.2. The van der Waals surface area contributed by atoms with Gasteiger partial charge in [-0.25, -0.2) is 0 Å². The molecule has 4 heteroatoms. The quantitative estimate of drug-likeness (QED) is 0.884. The molecule has 1 N–H and O–H groups in total. The molecule has 0 saturated carbocycles. The summed E-state index contributed by atoms with van der Waals surface area (Å²) in [7, 11) is 0. The molecule has 0 amide bonds. The first kappa shape index (κ1) is 13.2. The molecule has 2 rings (SSSR count). The smallest absolute Gasteiger partial charge is 0.119 e. The molecule has 1 atom stereocenters. The summed E-state index contributed by atoms with van der Waals surface area (Å²) in [4.78, 5) is 2.18. The van der Waals surface area contributed by atoms with Gasteiger partial charge in [0.1, 0.15) is 5.75 Å². The maximum atomic E-state index is 9.35. The molecule has 0 bridgehead atoms. The molecule has 1 aliphatic rings. The zero-order valence-electron chi connectivity index (χ0n) is 11.0. The second-order valence-corrected chi connectivity index (χ2v) is 4.77. The minimum Gasteiger partial charge on any atom is -0.491 e. The Morgan fingerprint density at radius 3 is 2.72 bits per heavy atom. The fourth-order valence-electron chi connectivity index (χ4n) is 2.13. The lowest BCUT2D eigenvalue weighted by Gasteiger charge is -2.36. The summed E-state index contributed by atoms with van der Waals surface area (Å²) in [6, 6.07) is 8.06. The first-order valence-electron chi connectivity index (χ1n) is 6.42. The molecule has 1 aliphatic heterocycles. The SMILES string of the molecule is CC(C)Oc1ccc(N2CCOCC2CO)cc1. The van der Waals surface area contributed by atoms with Crippen LogP contribution in [0.3, 0.4) is 0 Å². The van der Waals surface area contributed by atoms with Crippen molar-refractivity contribution >= 4 is 5.69 Å². The van der Waals surface area contributed by atoms with Gasteiger partial charge in [-0.1, -0.05) is 0 Å². The minimum absolute atomic E-state index is 0.0515. The summed E-state index contributed by atoms with van der Waals surface area (Å²) >= 11 is 0. The molecule has 1 fully saturated rings. The second-order valence-electron chi connectivity index (χ2n) is 4.77. The van der Waals surface area contributed by atoms with Crippen LogP contribution in [0.25, 0.3) is 0 Å². The number of benzene rings is 1. The molecule has 1 aromatic rings. The van der Waals surface area contributed by atoms with Gasteiger partial charge in [-0.05, 0) is 38.1 Å². The van der Waals surface area contributed by atoms with Crippen LogP contribution in [0.1, 0.15) is 13.8 Å². The van der Waals surface area contributed by atoms with Crippen LogP contribution in [0, 0.1) is 0 Å². The number of aliphatic hydroxyl groups is 1. The standard InChI is InChI=1S/C14H21NO3/c1-11(2)18-14-5-3-12(4-6-14)15-7-8-17-10-13(15)9-16/h3-6,11,13,16H,7-10H2,1-2H3. The van der Waals surface area contributed by atoms with Crippen molar-refractivity contribution in [1.29, 1.82) is 0 Å². The van der Waals surface area contributed by atoms with Crippen molar-refractivity contribution in [2.45, 2.75) is 26.0 Å². The van der Waals surface area contributed by atoms with E-state index in [9.17, 15) is 5.11 Å². The molecule has 1 saturated heterocycles. The van der Waals surface area contributed by atoms with Crippen LogP contribution in [0.2, 0.25) is 0 Å². The van der Waals surface area contributed by atoms with Crippen molar-refractivity contribution < 1.29 is 14.6 Å². The van der Waals surface area contributed by atoms with Crippen LogP contribution in [0.4, 0.5) is 5.69 Å². The van der Waals surface area contributed by atoms with Crippen molar-refractivity contribution in [1.82, 2.24) is 0 Å². The predicted molar refractivity (Wildman–Crippen MR) is 71.2 cm³/mol. The Bertz CT molecular complexity index is 364. The van der Waals surface area contributed by atoms with E-state index >= 15 is 0 Å². The molecule has 18 heavy (non-hydrogen) atoms. The maximum Gasteiger partial charge on any atom is 0.119 e. The molecular weight excluding hydrogens is 230 g/mol. The van der Waals surface area contributed by atoms with Gasteiger partial charge in [-0.3, -0.25) is 0 Å². The third kappa shape index (κ3) is 3.15. The number of ether oxygens (including phenoxy) is 2. The van der Waals surface area contributed by atoms with Gasteiger partial charge in [0.25, 0.3) is 0 Å². The van der Waals surface area contributed by atoms with Crippen LogP contribution in [-0.4, -0.2) is 43.6 Å². The zero-order valence-corrected chi connectivity index (χ0v) is 11.0. The maximum absolute atomic E-state index is 9.35. The Hall–Kier alpha value is -1.26. The Kier molecular flexibility index (Phi) is 4.44. The number of hydrogen-bond acceptors (Lipinski definition) is 4. The molecular formula is C14H21NO3. The average Bonchev–Trinajstić information content (AvgIpc) is 2.39. The molecule has 1 unspecified atom stereocenters. The fourth-order valence-corrected chi connectivity index (χ4v) is 2.13. The molecule has 1 heterocycles. The zero-order chi connectivity index (χ0) is 13.0. The van der Waals surface area contributed by atoms with Crippen LogP contribution in [-0.2, 0) is 4.74 Å². The summed E-state index contributed by atoms with van der Waals surface area (Å²) in [6.07, 6.45) is 0.185. The molecule has 0 radical (unpaired) electrons. The van der Waals surface area contributed by atoms with Crippen LogP contribution in [0.5, 0.6) is 5.75 Å². The van der Waals surface area contributed by atoms with Crippen molar-refractivity contribution in [3.05, 3.63) is 24.3 Å². The normalized spacial score (nSPS) is 20.2. The lowest BCUT2D eigenvalue weighted by molar-refractivity contribution is 0.0727. The topological polar surface area (TPSA) is 41.9 Å². The highest BCUT2D eigenvalue weighted by Gasteiger charge is 2.22. The number of rotatable bonds is 4. The molecule has 0 aromatic heterocycles. The molecule has 4 nitrogen and oxygen atoms in total. The predicted octanol–water partition coefficient (Wildman–Crippen LogP) is 1.67. The van der Waals surface area contributed by atoms with Gasteiger partial charge in [-0.15, -0.1) is 0 Å². The van der Waals surface area contributed by atoms with Crippen molar-refractivity contribution in [2.24, 2.45) is 0 Å². The van der Waals surface area contributed by atoms with Crippen molar-refractivity contribution in [3.8, 4) is 5.75 Å². The van der Waals surface area contributed by atoms with Gasteiger partial charge in [-0.2, -0.15) is 0 Å². The molecule has 0 spiro atoms. The van der Waals surface area contributed by atoms with E-state index in [1.54, 1.807) is 0 Å². The summed E-state index contributed by atoms with van der Waals surface area (Å²) in [6.45, 7) is 6.25. The van der Waals surface area contributed by atoms with E-state index in [1.807, 2.05) is 38.1 Å². The Morgan fingerprint density at radius 1 is 1.39 bits per heavy atom. The molecule has 0 aliphatic carbocycles. The first-order chi connectivity index (χ1) is 8.70. The third-order valence-corrected chi connectivity index (χ3v) is 2.98.